The predicted molar refractivity (Wildman–Crippen MR) is 130 cm³/mol. The van der Waals surface area contributed by atoms with Crippen molar-refractivity contribution >= 4 is 46.6 Å². The van der Waals surface area contributed by atoms with Crippen molar-refractivity contribution in [3.05, 3.63) is 99.1 Å². The molecule has 1 amide bonds. The second kappa shape index (κ2) is 8.96. The van der Waals surface area contributed by atoms with Gasteiger partial charge in [-0.2, -0.15) is 0 Å². The second-order valence-corrected chi connectivity index (χ2v) is 9.07. The lowest BCUT2D eigenvalue weighted by molar-refractivity contribution is 0.0526. The van der Waals surface area contributed by atoms with E-state index in [2.05, 4.69) is 4.98 Å². The first kappa shape index (κ1) is 22.2. The largest absolute Gasteiger partial charge is 0.462 e. The van der Waals surface area contributed by atoms with Gasteiger partial charge in [-0.25, -0.2) is 9.78 Å². The lowest BCUT2D eigenvalue weighted by Crippen LogP contribution is -2.31. The Balaban J connectivity index is 1.64. The molecule has 0 bridgehead atoms. The van der Waals surface area contributed by atoms with Crippen molar-refractivity contribution < 1.29 is 14.3 Å². The lowest BCUT2D eigenvalue weighted by Gasteiger charge is -2.23. The molecule has 0 radical (unpaired) electrons. The maximum absolute atomic E-state index is 13.7. The molecule has 0 saturated carbocycles. The standard InChI is InChI=1S/C25H18ClN3O4S/c1-2-33-25(32)15-7-9-21-19(11-15)28(24(31)18-5-3-4-6-20(18)34-21)14-17-12-23(30)29-13-16(26)8-10-22(29)27-17/h3-13H,2,14H2,1H3. The maximum Gasteiger partial charge on any atom is 0.338 e. The molecule has 0 saturated heterocycles. The summed E-state index contributed by atoms with van der Waals surface area (Å²) in [6.07, 6.45) is 1.50. The fourth-order valence-corrected chi connectivity index (χ4v) is 5.01. The summed E-state index contributed by atoms with van der Waals surface area (Å²) < 4.78 is 6.50. The molecule has 0 spiro atoms. The summed E-state index contributed by atoms with van der Waals surface area (Å²) in [5.74, 6) is -0.718. The van der Waals surface area contributed by atoms with Crippen molar-refractivity contribution in [3.8, 4) is 0 Å². The summed E-state index contributed by atoms with van der Waals surface area (Å²) in [4.78, 5) is 46.5. The smallest absolute Gasteiger partial charge is 0.338 e. The lowest BCUT2D eigenvalue weighted by atomic mass is 10.1. The van der Waals surface area contributed by atoms with Gasteiger partial charge in [-0.05, 0) is 49.4 Å². The van der Waals surface area contributed by atoms with E-state index in [1.54, 1.807) is 54.3 Å². The van der Waals surface area contributed by atoms with E-state index in [0.29, 0.717) is 33.2 Å². The van der Waals surface area contributed by atoms with Gasteiger partial charge in [0.25, 0.3) is 11.5 Å². The molecule has 34 heavy (non-hydrogen) atoms. The van der Waals surface area contributed by atoms with Crippen LogP contribution in [-0.2, 0) is 11.3 Å². The third kappa shape index (κ3) is 4.06. The number of nitrogens with zero attached hydrogens (tertiary/aromatic N) is 3. The molecular formula is C25H18ClN3O4S. The van der Waals surface area contributed by atoms with Crippen molar-refractivity contribution in [2.24, 2.45) is 0 Å². The molecule has 0 N–H and O–H groups in total. The highest BCUT2D eigenvalue weighted by molar-refractivity contribution is 7.99. The van der Waals surface area contributed by atoms with Gasteiger partial charge < -0.3 is 9.64 Å². The van der Waals surface area contributed by atoms with Gasteiger partial charge in [0.2, 0.25) is 0 Å². The predicted octanol–water partition coefficient (Wildman–Crippen LogP) is 4.84. The highest BCUT2D eigenvalue weighted by atomic mass is 35.5. The Morgan fingerprint density at radius 1 is 1.06 bits per heavy atom. The number of ether oxygens (including phenoxy) is 1. The van der Waals surface area contributed by atoms with Crippen molar-refractivity contribution in [1.82, 2.24) is 9.38 Å². The fraction of sp³-hybridized carbons (Fsp3) is 0.120. The molecule has 2 aromatic heterocycles. The van der Waals surface area contributed by atoms with E-state index in [-0.39, 0.29) is 24.6 Å². The van der Waals surface area contributed by atoms with Gasteiger partial charge >= 0.3 is 5.97 Å². The molecule has 0 unspecified atom stereocenters. The van der Waals surface area contributed by atoms with Crippen LogP contribution in [0.4, 0.5) is 5.69 Å². The van der Waals surface area contributed by atoms with Crippen LogP contribution in [-0.4, -0.2) is 27.9 Å². The summed E-state index contributed by atoms with van der Waals surface area (Å²) in [5.41, 5.74) is 1.95. The van der Waals surface area contributed by atoms with E-state index in [1.807, 2.05) is 12.1 Å². The van der Waals surface area contributed by atoms with Gasteiger partial charge in [-0.15, -0.1) is 0 Å². The monoisotopic (exact) mass is 491 g/mol. The zero-order valence-electron chi connectivity index (χ0n) is 18.0. The minimum atomic E-state index is -0.469. The zero-order chi connectivity index (χ0) is 23.8. The van der Waals surface area contributed by atoms with Gasteiger partial charge in [-0.1, -0.05) is 35.5 Å². The van der Waals surface area contributed by atoms with Crippen LogP contribution in [0.1, 0.15) is 33.3 Å². The number of halogens is 1. The van der Waals surface area contributed by atoms with E-state index in [1.165, 1.54) is 28.4 Å². The number of carbonyl (C=O) groups is 2. The van der Waals surface area contributed by atoms with Crippen LogP contribution in [0, 0.1) is 0 Å². The van der Waals surface area contributed by atoms with Gasteiger partial charge in [0, 0.05) is 22.1 Å². The van der Waals surface area contributed by atoms with Crippen LogP contribution in [0.25, 0.3) is 5.65 Å². The SMILES string of the molecule is CCOC(=O)c1ccc2c(c1)N(Cc1cc(=O)n3cc(Cl)ccc3n1)C(=O)c1ccccc1S2. The van der Waals surface area contributed by atoms with Gasteiger partial charge in [-0.3, -0.25) is 14.0 Å². The van der Waals surface area contributed by atoms with Crippen molar-refractivity contribution in [2.75, 3.05) is 11.5 Å². The molecule has 7 nitrogen and oxygen atoms in total. The quantitative estimate of drug-likeness (QED) is 0.380. The van der Waals surface area contributed by atoms with E-state index < -0.39 is 5.97 Å². The molecule has 1 aliphatic heterocycles. The highest BCUT2D eigenvalue weighted by Crippen LogP contribution is 2.42. The first-order chi connectivity index (χ1) is 16.4. The van der Waals surface area contributed by atoms with E-state index in [0.717, 1.165) is 9.79 Å². The number of pyridine rings is 1. The molecule has 9 heteroatoms. The molecule has 3 heterocycles. The Hall–Kier alpha value is -3.62. The van der Waals surface area contributed by atoms with Crippen LogP contribution in [0.15, 0.2) is 81.4 Å². The number of hydrogen-bond donors (Lipinski definition) is 0. The maximum atomic E-state index is 13.7. The number of rotatable bonds is 4. The average molecular weight is 492 g/mol. The number of carbonyl (C=O) groups excluding carboxylic acids is 2. The molecule has 4 aromatic rings. The Morgan fingerprint density at radius 2 is 1.88 bits per heavy atom. The number of hydrogen-bond acceptors (Lipinski definition) is 6. The summed E-state index contributed by atoms with van der Waals surface area (Å²) in [6.45, 7) is 2.02. The Bertz CT molecular complexity index is 1520. The number of benzene rings is 2. The fourth-order valence-electron chi connectivity index (χ4n) is 3.79. The number of aromatic nitrogens is 2. The normalized spacial score (nSPS) is 12.8. The molecule has 1 aliphatic rings. The number of anilines is 1. The van der Waals surface area contributed by atoms with Crippen molar-refractivity contribution in [3.63, 3.8) is 0 Å². The van der Waals surface area contributed by atoms with Crippen molar-refractivity contribution in [1.29, 1.82) is 0 Å². The van der Waals surface area contributed by atoms with Gasteiger partial charge in [0.1, 0.15) is 5.65 Å². The minimum Gasteiger partial charge on any atom is -0.462 e. The first-order valence-electron chi connectivity index (χ1n) is 10.5. The van der Waals surface area contributed by atoms with E-state index in [9.17, 15) is 14.4 Å². The first-order valence-corrected chi connectivity index (χ1v) is 11.7. The molecule has 5 rings (SSSR count). The second-order valence-electron chi connectivity index (χ2n) is 7.55. The Labute approximate surface area is 203 Å². The molecular weight excluding hydrogens is 474 g/mol. The summed E-state index contributed by atoms with van der Waals surface area (Å²) in [5, 5.41) is 0.417. The number of amides is 1. The Morgan fingerprint density at radius 3 is 2.71 bits per heavy atom. The van der Waals surface area contributed by atoms with Gasteiger partial charge in [0.05, 0.1) is 40.7 Å². The van der Waals surface area contributed by atoms with Crippen LogP contribution in [0.5, 0.6) is 0 Å². The zero-order valence-corrected chi connectivity index (χ0v) is 19.6. The van der Waals surface area contributed by atoms with Gasteiger partial charge in [0.15, 0.2) is 0 Å². The summed E-state index contributed by atoms with van der Waals surface area (Å²) in [7, 11) is 0. The summed E-state index contributed by atoms with van der Waals surface area (Å²) in [6, 6.07) is 17.2. The molecule has 0 fully saturated rings. The topological polar surface area (TPSA) is 81.0 Å². The van der Waals surface area contributed by atoms with Crippen LogP contribution in [0.2, 0.25) is 5.02 Å². The highest BCUT2D eigenvalue weighted by Gasteiger charge is 2.29. The summed E-state index contributed by atoms with van der Waals surface area (Å²) >= 11 is 7.46. The van der Waals surface area contributed by atoms with Crippen LogP contribution >= 0.6 is 23.4 Å². The van der Waals surface area contributed by atoms with Crippen LogP contribution < -0.4 is 10.5 Å². The van der Waals surface area contributed by atoms with Crippen LogP contribution in [0.3, 0.4) is 0 Å². The number of fused-ring (bicyclic) bond motifs is 3. The van der Waals surface area contributed by atoms with Crippen molar-refractivity contribution in [2.45, 2.75) is 23.3 Å². The average Bonchev–Trinajstić information content (AvgIpc) is 2.94. The molecule has 0 aliphatic carbocycles. The Kier molecular flexibility index (Phi) is 5.85. The van der Waals surface area contributed by atoms with E-state index >= 15 is 0 Å². The third-order valence-electron chi connectivity index (χ3n) is 5.34. The molecule has 170 valence electrons. The minimum absolute atomic E-state index is 0.0430. The molecule has 2 aromatic carbocycles. The number of esters is 1. The van der Waals surface area contributed by atoms with E-state index in [4.69, 9.17) is 16.3 Å². The third-order valence-corrected chi connectivity index (χ3v) is 6.70. The molecule has 0 atom stereocenters.